The van der Waals surface area contributed by atoms with Gasteiger partial charge in [-0.25, -0.2) is 9.97 Å². The highest BCUT2D eigenvalue weighted by molar-refractivity contribution is 5.86. The van der Waals surface area contributed by atoms with E-state index in [-0.39, 0.29) is 0 Å². The molecular weight excluding hydrogens is 290 g/mol. The predicted molar refractivity (Wildman–Crippen MR) is 96.5 cm³/mol. The van der Waals surface area contributed by atoms with Crippen LogP contribution in [-0.4, -0.2) is 30.9 Å². The fourth-order valence-corrected chi connectivity index (χ4v) is 2.03. The number of aliphatic imine (C=N–C) groups is 1. The maximum Gasteiger partial charge on any atom is 0.178 e. The Morgan fingerprint density at radius 3 is 2.26 bits per heavy atom. The minimum absolute atomic E-state index is 0.502. The first-order chi connectivity index (χ1) is 11.1. The molecule has 0 unspecified atom stereocenters. The number of aromatic nitrogens is 2. The third kappa shape index (κ3) is 3.94. The Morgan fingerprint density at radius 2 is 1.74 bits per heavy atom. The van der Waals surface area contributed by atoms with Crippen molar-refractivity contribution in [1.29, 1.82) is 0 Å². The van der Waals surface area contributed by atoms with Gasteiger partial charge in [0.25, 0.3) is 0 Å². The second kappa shape index (κ2) is 8.68. The number of nitrogens with zero attached hydrogens (tertiary/aromatic N) is 3. The maximum atomic E-state index is 5.31. The zero-order chi connectivity index (χ0) is 17.4. The molecule has 1 aromatic heterocycles. The Hall–Kier alpha value is -2.69. The fraction of sp³-hybridized carbons (Fsp3) is 0.278. The molecule has 2 aromatic rings. The number of methoxy groups -OCH3 is 2. The molecule has 5 nitrogen and oxygen atoms in total. The average Bonchev–Trinajstić information content (AvgIpc) is 2.60. The standard InChI is InChI=1S/C16H17N3O2.C2H6/c1-6-7-12(17-3)16-18-10(2)11-8-14(20-4)15(21-5)9-13(11)19-16;1-2/h6-9H,1,3H2,2,4-5H3;1-2H3/b12-7-;. The summed E-state index contributed by atoms with van der Waals surface area (Å²) in [6, 6.07) is 3.69. The Balaban J connectivity index is 0.00000127. The van der Waals surface area contributed by atoms with Gasteiger partial charge >= 0.3 is 0 Å². The molecule has 0 atom stereocenters. The van der Waals surface area contributed by atoms with Crippen LogP contribution in [0.25, 0.3) is 16.6 Å². The lowest BCUT2D eigenvalue weighted by Gasteiger charge is -2.11. The van der Waals surface area contributed by atoms with E-state index < -0.39 is 0 Å². The molecule has 0 saturated carbocycles. The highest BCUT2D eigenvalue weighted by Gasteiger charge is 2.12. The van der Waals surface area contributed by atoms with Gasteiger partial charge < -0.3 is 9.47 Å². The van der Waals surface area contributed by atoms with E-state index >= 15 is 0 Å². The van der Waals surface area contributed by atoms with E-state index in [0.717, 1.165) is 16.6 Å². The first-order valence-corrected chi connectivity index (χ1v) is 7.34. The van der Waals surface area contributed by atoms with E-state index in [1.807, 2.05) is 32.9 Å². The van der Waals surface area contributed by atoms with Crippen LogP contribution in [0.3, 0.4) is 0 Å². The van der Waals surface area contributed by atoms with Crippen molar-refractivity contribution in [3.8, 4) is 11.5 Å². The topological polar surface area (TPSA) is 56.6 Å². The van der Waals surface area contributed by atoms with Crippen molar-refractivity contribution >= 4 is 23.3 Å². The summed E-state index contributed by atoms with van der Waals surface area (Å²) in [6.07, 6.45) is 3.34. The number of rotatable bonds is 5. The Morgan fingerprint density at radius 1 is 1.13 bits per heavy atom. The fourth-order valence-electron chi connectivity index (χ4n) is 2.03. The lowest BCUT2D eigenvalue weighted by molar-refractivity contribution is 0.355. The molecule has 0 aliphatic rings. The molecule has 0 fully saturated rings. The highest BCUT2D eigenvalue weighted by atomic mass is 16.5. The van der Waals surface area contributed by atoms with Crippen LogP contribution in [0.1, 0.15) is 25.4 Å². The van der Waals surface area contributed by atoms with Crippen molar-refractivity contribution < 1.29 is 9.47 Å². The molecule has 23 heavy (non-hydrogen) atoms. The quantitative estimate of drug-likeness (QED) is 0.613. The van der Waals surface area contributed by atoms with Crippen molar-refractivity contribution in [2.24, 2.45) is 4.99 Å². The normalized spacial score (nSPS) is 10.6. The number of allylic oxidation sites excluding steroid dienone is 2. The summed E-state index contributed by atoms with van der Waals surface area (Å²) in [5.41, 5.74) is 2.16. The number of hydrogen-bond acceptors (Lipinski definition) is 5. The van der Waals surface area contributed by atoms with Gasteiger partial charge in [-0.3, -0.25) is 4.99 Å². The minimum atomic E-state index is 0.502. The van der Waals surface area contributed by atoms with Crippen LogP contribution in [-0.2, 0) is 0 Å². The van der Waals surface area contributed by atoms with E-state index in [1.165, 1.54) is 0 Å². The van der Waals surface area contributed by atoms with Crippen molar-refractivity contribution in [2.75, 3.05) is 14.2 Å². The van der Waals surface area contributed by atoms with Crippen molar-refractivity contribution in [1.82, 2.24) is 9.97 Å². The molecule has 1 heterocycles. The maximum absolute atomic E-state index is 5.31. The van der Waals surface area contributed by atoms with E-state index in [9.17, 15) is 0 Å². The summed E-state index contributed by atoms with van der Waals surface area (Å²) in [7, 11) is 3.19. The molecule has 0 radical (unpaired) electrons. The molecule has 0 spiro atoms. The van der Waals surface area contributed by atoms with Gasteiger partial charge in [-0.05, 0) is 25.8 Å². The first kappa shape index (κ1) is 18.4. The van der Waals surface area contributed by atoms with Crippen LogP contribution in [0, 0.1) is 6.92 Å². The third-order valence-corrected chi connectivity index (χ3v) is 3.07. The SMILES string of the molecule is C=C/C=C(\N=C)c1nc(C)c2cc(OC)c(OC)cc2n1.CC. The zero-order valence-electron chi connectivity index (χ0n) is 14.4. The molecule has 0 aliphatic carbocycles. The Kier molecular flexibility index (Phi) is 6.93. The lowest BCUT2D eigenvalue weighted by Crippen LogP contribution is -1.99. The lowest BCUT2D eigenvalue weighted by atomic mass is 10.1. The van der Waals surface area contributed by atoms with Crippen LogP contribution < -0.4 is 9.47 Å². The van der Waals surface area contributed by atoms with E-state index in [4.69, 9.17) is 9.47 Å². The van der Waals surface area contributed by atoms with Gasteiger partial charge in [0.05, 0.1) is 19.7 Å². The largest absolute Gasteiger partial charge is 0.493 e. The molecular formula is C18H23N3O2. The van der Waals surface area contributed by atoms with Crippen molar-refractivity contribution in [3.05, 3.63) is 42.4 Å². The first-order valence-electron chi connectivity index (χ1n) is 7.34. The number of benzene rings is 1. The summed E-state index contributed by atoms with van der Waals surface area (Å²) < 4.78 is 10.6. The number of hydrogen-bond donors (Lipinski definition) is 0. The van der Waals surface area contributed by atoms with Crippen LogP contribution in [0.4, 0.5) is 0 Å². The third-order valence-electron chi connectivity index (χ3n) is 3.07. The molecule has 0 bridgehead atoms. The summed E-state index contributed by atoms with van der Waals surface area (Å²) in [5, 5.41) is 0.901. The van der Waals surface area contributed by atoms with E-state index in [1.54, 1.807) is 26.4 Å². The molecule has 0 saturated heterocycles. The zero-order valence-corrected chi connectivity index (χ0v) is 14.4. The van der Waals surface area contributed by atoms with Gasteiger partial charge in [0, 0.05) is 17.1 Å². The van der Waals surface area contributed by atoms with Crippen LogP contribution in [0.15, 0.2) is 35.9 Å². The summed E-state index contributed by atoms with van der Waals surface area (Å²) in [6.45, 7) is 13.1. The van der Waals surface area contributed by atoms with E-state index in [2.05, 4.69) is 28.3 Å². The molecule has 5 heteroatoms. The summed E-state index contributed by atoms with van der Waals surface area (Å²) in [5.74, 6) is 1.77. The van der Waals surface area contributed by atoms with Gasteiger partial charge in [-0.2, -0.15) is 0 Å². The molecule has 0 amide bonds. The van der Waals surface area contributed by atoms with Crippen LogP contribution in [0.2, 0.25) is 0 Å². The van der Waals surface area contributed by atoms with Crippen molar-refractivity contribution in [3.63, 3.8) is 0 Å². The van der Waals surface area contributed by atoms with Gasteiger partial charge in [-0.1, -0.05) is 26.5 Å². The van der Waals surface area contributed by atoms with Crippen LogP contribution >= 0.6 is 0 Å². The smallest absolute Gasteiger partial charge is 0.178 e. The monoisotopic (exact) mass is 313 g/mol. The average molecular weight is 313 g/mol. The second-order valence-electron chi connectivity index (χ2n) is 4.30. The summed E-state index contributed by atoms with van der Waals surface area (Å²) in [4.78, 5) is 12.9. The number of fused-ring (bicyclic) bond motifs is 1. The number of aryl methyl sites for hydroxylation is 1. The van der Waals surface area contributed by atoms with E-state index in [0.29, 0.717) is 23.0 Å². The second-order valence-corrected chi connectivity index (χ2v) is 4.30. The molecule has 0 aliphatic heterocycles. The number of ether oxygens (including phenoxy) is 2. The van der Waals surface area contributed by atoms with Gasteiger partial charge in [0.15, 0.2) is 17.3 Å². The Labute approximate surface area is 137 Å². The van der Waals surface area contributed by atoms with Gasteiger partial charge in [0.1, 0.15) is 5.70 Å². The summed E-state index contributed by atoms with van der Waals surface area (Å²) >= 11 is 0. The van der Waals surface area contributed by atoms with Gasteiger partial charge in [-0.15, -0.1) is 0 Å². The van der Waals surface area contributed by atoms with Crippen LogP contribution in [0.5, 0.6) is 11.5 Å². The minimum Gasteiger partial charge on any atom is -0.493 e. The highest BCUT2D eigenvalue weighted by Crippen LogP contribution is 2.32. The van der Waals surface area contributed by atoms with Crippen molar-refractivity contribution in [2.45, 2.75) is 20.8 Å². The molecule has 0 N–H and O–H groups in total. The predicted octanol–water partition coefficient (Wildman–Crippen LogP) is 4.21. The molecule has 2 rings (SSSR count). The molecule has 1 aromatic carbocycles. The Bertz CT molecular complexity index is 737. The molecule has 122 valence electrons. The van der Waals surface area contributed by atoms with Gasteiger partial charge in [0.2, 0.25) is 0 Å².